The molecule has 3 atom stereocenters. The highest BCUT2D eigenvalue weighted by Gasteiger charge is 2.61. The Morgan fingerprint density at radius 3 is 2.47 bits per heavy atom. The minimum atomic E-state index is -0.143. The second kappa shape index (κ2) is 7.67. The lowest BCUT2D eigenvalue weighted by molar-refractivity contribution is -0.138. The number of aryl methyl sites for hydroxylation is 1. The molecule has 5 aliphatic rings. The third-order valence-corrected chi connectivity index (χ3v) is 8.58. The van der Waals surface area contributed by atoms with Crippen molar-refractivity contribution < 1.29 is 9.59 Å². The Morgan fingerprint density at radius 1 is 1.10 bits per heavy atom. The zero-order valence-corrected chi connectivity index (χ0v) is 18.4. The van der Waals surface area contributed by atoms with E-state index in [1.165, 1.54) is 30.4 Å². The minimum Gasteiger partial charge on any atom is -0.347 e. The summed E-state index contributed by atoms with van der Waals surface area (Å²) in [5.74, 6) is 2.32. The SMILES string of the molecule is Cc1cccc(C(C)N2CCN(C(=O)CNC(=O)C34CC5CC(CC3C5)C4)CC2)c1. The normalized spacial score (nSPS) is 33.7. The Labute approximate surface area is 180 Å². The summed E-state index contributed by atoms with van der Waals surface area (Å²) in [7, 11) is 0. The molecule has 1 aromatic rings. The van der Waals surface area contributed by atoms with Crippen LogP contribution < -0.4 is 5.32 Å². The number of benzene rings is 1. The smallest absolute Gasteiger partial charge is 0.242 e. The first-order chi connectivity index (χ1) is 14.4. The van der Waals surface area contributed by atoms with Gasteiger partial charge in [-0.25, -0.2) is 0 Å². The molecule has 0 spiro atoms. The quantitative estimate of drug-likeness (QED) is 0.813. The first-order valence-corrected chi connectivity index (χ1v) is 11.8. The Morgan fingerprint density at radius 2 is 1.80 bits per heavy atom. The van der Waals surface area contributed by atoms with E-state index in [0.717, 1.165) is 50.9 Å². The molecule has 4 bridgehead atoms. The van der Waals surface area contributed by atoms with Crippen LogP contribution in [-0.2, 0) is 9.59 Å². The van der Waals surface area contributed by atoms with Crippen LogP contribution in [0.3, 0.4) is 0 Å². The van der Waals surface area contributed by atoms with Crippen LogP contribution in [0.5, 0.6) is 0 Å². The molecule has 4 saturated carbocycles. The predicted octanol–water partition coefficient (Wildman–Crippen LogP) is 3.14. The second-order valence-electron chi connectivity index (χ2n) is 10.4. The molecule has 30 heavy (non-hydrogen) atoms. The number of nitrogens with zero attached hydrogens (tertiary/aromatic N) is 2. The molecule has 1 aliphatic heterocycles. The van der Waals surface area contributed by atoms with E-state index in [-0.39, 0.29) is 23.8 Å². The molecule has 1 saturated heterocycles. The number of hydrogen-bond acceptors (Lipinski definition) is 3. The van der Waals surface area contributed by atoms with E-state index in [1.807, 2.05) is 4.90 Å². The van der Waals surface area contributed by atoms with Gasteiger partial charge in [0.15, 0.2) is 0 Å². The summed E-state index contributed by atoms with van der Waals surface area (Å²) in [5, 5.41) is 3.05. The van der Waals surface area contributed by atoms with Gasteiger partial charge in [0.2, 0.25) is 11.8 Å². The summed E-state index contributed by atoms with van der Waals surface area (Å²) < 4.78 is 0. The van der Waals surface area contributed by atoms with Crippen LogP contribution in [0.2, 0.25) is 0 Å². The molecule has 0 radical (unpaired) electrons. The zero-order valence-electron chi connectivity index (χ0n) is 18.4. The highest BCUT2D eigenvalue weighted by molar-refractivity contribution is 5.88. The minimum absolute atomic E-state index is 0.0697. The number of amides is 2. The highest BCUT2D eigenvalue weighted by Crippen LogP contribution is 2.65. The van der Waals surface area contributed by atoms with Crippen LogP contribution in [-0.4, -0.2) is 54.3 Å². The molecule has 1 N–H and O–H groups in total. The number of hydrogen-bond donors (Lipinski definition) is 1. The molecule has 0 aromatic heterocycles. The van der Waals surface area contributed by atoms with Crippen molar-refractivity contribution >= 4 is 11.8 Å². The molecular weight excluding hydrogens is 374 g/mol. The monoisotopic (exact) mass is 409 g/mol. The first kappa shape index (κ1) is 20.0. The van der Waals surface area contributed by atoms with Gasteiger partial charge in [-0.3, -0.25) is 14.5 Å². The lowest BCUT2D eigenvalue weighted by atomic mass is 9.75. The number of nitrogens with one attached hydrogen (secondary N) is 1. The van der Waals surface area contributed by atoms with Crippen LogP contribution in [0, 0.1) is 30.1 Å². The summed E-state index contributed by atoms with van der Waals surface area (Å²) in [6, 6.07) is 9.04. The van der Waals surface area contributed by atoms with E-state index in [9.17, 15) is 9.59 Å². The highest BCUT2D eigenvalue weighted by atomic mass is 16.2. The van der Waals surface area contributed by atoms with Gasteiger partial charge in [-0.15, -0.1) is 0 Å². The lowest BCUT2D eigenvalue weighted by Gasteiger charge is -2.38. The third-order valence-electron chi connectivity index (χ3n) is 8.58. The molecule has 6 rings (SSSR count). The topological polar surface area (TPSA) is 52.6 Å². The van der Waals surface area contributed by atoms with Crippen molar-refractivity contribution in [3.63, 3.8) is 0 Å². The van der Waals surface area contributed by atoms with E-state index in [2.05, 4.69) is 48.3 Å². The Bertz CT molecular complexity index is 815. The fourth-order valence-electron chi connectivity index (χ4n) is 7.11. The Hall–Kier alpha value is -1.88. The largest absolute Gasteiger partial charge is 0.347 e. The third kappa shape index (κ3) is 3.45. The number of rotatable bonds is 5. The van der Waals surface area contributed by atoms with Gasteiger partial charge in [-0.05, 0) is 69.3 Å². The molecule has 5 heteroatoms. The first-order valence-electron chi connectivity index (χ1n) is 11.8. The van der Waals surface area contributed by atoms with Crippen molar-refractivity contribution in [1.29, 1.82) is 0 Å². The standard InChI is InChI=1S/C25H35N3O2/c1-17-4-3-5-21(10-17)18(2)27-6-8-28(9-7-27)23(29)16-26-24(30)25-14-19-11-20(15-25)13-22(25)12-19/h3-5,10,18-20,22H,6-9,11-16H2,1-2H3,(H,26,30). The van der Waals surface area contributed by atoms with E-state index in [4.69, 9.17) is 0 Å². The van der Waals surface area contributed by atoms with Crippen molar-refractivity contribution in [1.82, 2.24) is 15.1 Å². The molecular formula is C25H35N3O2. The maximum atomic E-state index is 13.0. The van der Waals surface area contributed by atoms with Gasteiger partial charge in [0, 0.05) is 32.2 Å². The fraction of sp³-hybridized carbons (Fsp3) is 0.680. The molecule has 1 aromatic carbocycles. The zero-order chi connectivity index (χ0) is 20.9. The van der Waals surface area contributed by atoms with E-state index < -0.39 is 0 Å². The van der Waals surface area contributed by atoms with Crippen molar-refractivity contribution in [2.75, 3.05) is 32.7 Å². The van der Waals surface area contributed by atoms with E-state index in [1.54, 1.807) is 0 Å². The van der Waals surface area contributed by atoms with Gasteiger partial charge >= 0.3 is 0 Å². The van der Waals surface area contributed by atoms with E-state index in [0.29, 0.717) is 12.0 Å². The number of carbonyl (C=O) groups excluding carboxylic acids is 2. The van der Waals surface area contributed by atoms with E-state index >= 15 is 0 Å². The Balaban J connectivity index is 1.11. The van der Waals surface area contributed by atoms with Crippen molar-refractivity contribution in [3.05, 3.63) is 35.4 Å². The lowest BCUT2D eigenvalue weighted by Crippen LogP contribution is -2.52. The van der Waals surface area contributed by atoms with Crippen LogP contribution in [0.1, 0.15) is 56.2 Å². The van der Waals surface area contributed by atoms with Crippen molar-refractivity contribution in [2.45, 2.75) is 52.0 Å². The molecule has 5 nitrogen and oxygen atoms in total. The van der Waals surface area contributed by atoms with Gasteiger partial charge < -0.3 is 10.2 Å². The summed E-state index contributed by atoms with van der Waals surface area (Å²) in [6.45, 7) is 7.77. The van der Waals surface area contributed by atoms with Crippen LogP contribution >= 0.6 is 0 Å². The van der Waals surface area contributed by atoms with Gasteiger partial charge in [0.1, 0.15) is 0 Å². The van der Waals surface area contributed by atoms with Crippen molar-refractivity contribution in [2.24, 2.45) is 23.2 Å². The summed E-state index contributed by atoms with van der Waals surface area (Å²) in [5.41, 5.74) is 2.48. The molecule has 5 fully saturated rings. The maximum absolute atomic E-state index is 13.0. The van der Waals surface area contributed by atoms with Gasteiger partial charge in [-0.2, -0.15) is 0 Å². The maximum Gasteiger partial charge on any atom is 0.242 e. The van der Waals surface area contributed by atoms with Crippen LogP contribution in [0.4, 0.5) is 0 Å². The number of piperazine rings is 1. The fourth-order valence-corrected chi connectivity index (χ4v) is 7.11. The molecule has 4 aliphatic carbocycles. The number of carbonyl (C=O) groups is 2. The second-order valence-corrected chi connectivity index (χ2v) is 10.4. The van der Waals surface area contributed by atoms with Gasteiger partial charge in [0.05, 0.1) is 12.0 Å². The van der Waals surface area contributed by atoms with Crippen molar-refractivity contribution in [3.8, 4) is 0 Å². The van der Waals surface area contributed by atoms with Crippen LogP contribution in [0.15, 0.2) is 24.3 Å². The average Bonchev–Trinajstić information content (AvgIpc) is 3.16. The summed E-state index contributed by atoms with van der Waals surface area (Å²) in [6.07, 6.45) is 5.92. The molecule has 2 amide bonds. The Kier molecular flexibility index (Phi) is 5.12. The molecule has 162 valence electrons. The van der Waals surface area contributed by atoms with Gasteiger partial charge in [0.25, 0.3) is 0 Å². The summed E-state index contributed by atoms with van der Waals surface area (Å²) in [4.78, 5) is 30.2. The molecule has 3 unspecified atom stereocenters. The summed E-state index contributed by atoms with van der Waals surface area (Å²) >= 11 is 0. The predicted molar refractivity (Wildman–Crippen MR) is 117 cm³/mol. The average molecular weight is 410 g/mol. The molecule has 1 heterocycles. The van der Waals surface area contributed by atoms with Gasteiger partial charge in [-0.1, -0.05) is 29.8 Å². The van der Waals surface area contributed by atoms with Crippen LogP contribution in [0.25, 0.3) is 0 Å².